The highest BCUT2D eigenvalue weighted by atomic mass is 19.3. The summed E-state index contributed by atoms with van der Waals surface area (Å²) < 4.78 is 30.5. The van der Waals surface area contributed by atoms with Gasteiger partial charge in [0.1, 0.15) is 5.75 Å². The summed E-state index contributed by atoms with van der Waals surface area (Å²) in [6.45, 7) is -2.82. The third kappa shape index (κ3) is 3.29. The summed E-state index contributed by atoms with van der Waals surface area (Å²) in [6, 6.07) is 8.32. The van der Waals surface area contributed by atoms with Crippen molar-refractivity contribution in [3.63, 3.8) is 0 Å². The van der Waals surface area contributed by atoms with Crippen molar-refractivity contribution in [1.82, 2.24) is 15.1 Å². The average molecular weight is 267 g/mol. The van der Waals surface area contributed by atoms with Gasteiger partial charge >= 0.3 is 6.61 Å². The molecule has 1 aromatic carbocycles. The number of nitrogens with zero attached hydrogens (tertiary/aromatic N) is 2. The molecule has 19 heavy (non-hydrogen) atoms. The fraction of sp³-hybridized carbons (Fsp3) is 0.308. The van der Waals surface area contributed by atoms with Gasteiger partial charge in [0.25, 0.3) is 0 Å². The van der Waals surface area contributed by atoms with Gasteiger partial charge in [-0.25, -0.2) is 0 Å². The molecule has 0 aliphatic heterocycles. The highest BCUT2D eigenvalue weighted by Crippen LogP contribution is 2.24. The van der Waals surface area contributed by atoms with E-state index in [-0.39, 0.29) is 11.8 Å². The van der Waals surface area contributed by atoms with Gasteiger partial charge in [0.2, 0.25) is 0 Å². The first kappa shape index (κ1) is 13.5. The molecule has 1 N–H and O–H groups in total. The van der Waals surface area contributed by atoms with Crippen molar-refractivity contribution >= 4 is 0 Å². The molecular formula is C13H15F2N3O. The largest absolute Gasteiger partial charge is 0.435 e. The van der Waals surface area contributed by atoms with E-state index in [0.29, 0.717) is 0 Å². The Balaban J connectivity index is 2.28. The molecule has 0 fully saturated rings. The molecule has 1 aromatic heterocycles. The molecule has 6 heteroatoms. The lowest BCUT2D eigenvalue weighted by Crippen LogP contribution is -2.18. The number of hydrogen-bond donors (Lipinski definition) is 1. The second-order valence-electron chi connectivity index (χ2n) is 4.09. The lowest BCUT2D eigenvalue weighted by atomic mass is 10.0. The van der Waals surface area contributed by atoms with Gasteiger partial charge in [-0.2, -0.15) is 13.9 Å². The minimum absolute atomic E-state index is 0.142. The summed E-state index contributed by atoms with van der Waals surface area (Å²) in [4.78, 5) is 0. The minimum Gasteiger partial charge on any atom is -0.435 e. The van der Waals surface area contributed by atoms with E-state index >= 15 is 0 Å². The second-order valence-corrected chi connectivity index (χ2v) is 4.09. The third-order valence-electron chi connectivity index (χ3n) is 2.74. The molecule has 4 nitrogen and oxygen atoms in total. The van der Waals surface area contributed by atoms with Crippen LogP contribution in [-0.4, -0.2) is 23.4 Å². The number of ether oxygens (including phenoxy) is 1. The first-order valence-corrected chi connectivity index (χ1v) is 5.81. The van der Waals surface area contributed by atoms with Crippen molar-refractivity contribution in [2.45, 2.75) is 12.7 Å². The molecule has 2 rings (SSSR count). The summed E-state index contributed by atoms with van der Waals surface area (Å²) in [7, 11) is 3.62. The minimum atomic E-state index is -2.82. The van der Waals surface area contributed by atoms with Crippen LogP contribution in [0.5, 0.6) is 5.75 Å². The van der Waals surface area contributed by atoms with Crippen LogP contribution >= 0.6 is 0 Å². The molecule has 1 heterocycles. The first-order valence-electron chi connectivity index (χ1n) is 5.81. The fourth-order valence-corrected chi connectivity index (χ4v) is 1.94. The van der Waals surface area contributed by atoms with Crippen LogP contribution in [0.2, 0.25) is 0 Å². The van der Waals surface area contributed by atoms with Gasteiger partial charge in [0.05, 0.1) is 11.7 Å². The van der Waals surface area contributed by atoms with E-state index in [1.165, 1.54) is 6.07 Å². The molecule has 0 aliphatic rings. The zero-order valence-electron chi connectivity index (χ0n) is 10.7. The number of alkyl halides is 2. The molecule has 2 aromatic rings. The Morgan fingerprint density at radius 3 is 2.68 bits per heavy atom. The second kappa shape index (κ2) is 5.79. The molecule has 1 unspecified atom stereocenters. The van der Waals surface area contributed by atoms with E-state index in [4.69, 9.17) is 0 Å². The normalized spacial score (nSPS) is 12.7. The maximum Gasteiger partial charge on any atom is 0.387 e. The zero-order valence-corrected chi connectivity index (χ0v) is 10.7. The van der Waals surface area contributed by atoms with Crippen molar-refractivity contribution in [2.75, 3.05) is 7.05 Å². The van der Waals surface area contributed by atoms with Crippen molar-refractivity contribution < 1.29 is 13.5 Å². The number of aromatic nitrogens is 2. The van der Waals surface area contributed by atoms with Crippen LogP contribution in [-0.2, 0) is 7.05 Å². The Bertz CT molecular complexity index is 542. The average Bonchev–Trinajstić information content (AvgIpc) is 2.76. The molecule has 0 radical (unpaired) electrons. The first-order chi connectivity index (χ1) is 9.10. The molecular weight excluding hydrogens is 252 g/mol. The van der Waals surface area contributed by atoms with Crippen molar-refractivity contribution in [3.8, 4) is 5.75 Å². The standard InChI is InChI=1S/C13H15F2N3O/c1-16-12(11-6-7-18(2)17-11)9-4-3-5-10(8-9)19-13(14)15/h3-8,12-13,16H,1-2H3. The van der Waals surface area contributed by atoms with Crippen molar-refractivity contribution in [2.24, 2.45) is 7.05 Å². The van der Waals surface area contributed by atoms with Gasteiger partial charge in [0.15, 0.2) is 0 Å². The van der Waals surface area contributed by atoms with Crippen LogP contribution < -0.4 is 10.1 Å². The van der Waals surface area contributed by atoms with Gasteiger partial charge in [-0.3, -0.25) is 4.68 Å². The maximum absolute atomic E-state index is 12.2. The van der Waals surface area contributed by atoms with Crippen LogP contribution in [0.25, 0.3) is 0 Å². The highest BCUT2D eigenvalue weighted by Gasteiger charge is 2.15. The van der Waals surface area contributed by atoms with Gasteiger partial charge in [0, 0.05) is 13.2 Å². The van der Waals surface area contributed by atoms with E-state index in [2.05, 4.69) is 15.2 Å². The van der Waals surface area contributed by atoms with Crippen LogP contribution in [0.15, 0.2) is 36.5 Å². The smallest absolute Gasteiger partial charge is 0.387 e. The number of aryl methyl sites for hydroxylation is 1. The molecule has 0 saturated carbocycles. The molecule has 0 spiro atoms. The summed E-state index contributed by atoms with van der Waals surface area (Å²) >= 11 is 0. The van der Waals surface area contributed by atoms with E-state index in [1.54, 1.807) is 23.9 Å². The zero-order chi connectivity index (χ0) is 13.8. The molecule has 0 amide bonds. The SMILES string of the molecule is CNC(c1cccc(OC(F)F)c1)c1ccn(C)n1. The number of nitrogens with one attached hydrogen (secondary N) is 1. The Morgan fingerprint density at radius 2 is 2.11 bits per heavy atom. The Labute approximate surface area is 110 Å². The number of benzene rings is 1. The summed E-state index contributed by atoms with van der Waals surface area (Å²) in [6.07, 6.45) is 1.83. The topological polar surface area (TPSA) is 39.1 Å². The highest BCUT2D eigenvalue weighted by molar-refractivity contribution is 5.34. The Morgan fingerprint density at radius 1 is 1.32 bits per heavy atom. The number of halogens is 2. The van der Waals surface area contributed by atoms with Gasteiger partial charge in [-0.15, -0.1) is 0 Å². The monoisotopic (exact) mass is 267 g/mol. The lowest BCUT2D eigenvalue weighted by Gasteiger charge is -2.15. The quantitative estimate of drug-likeness (QED) is 0.903. The summed E-state index contributed by atoms with van der Waals surface area (Å²) in [5, 5.41) is 7.42. The van der Waals surface area contributed by atoms with Crippen molar-refractivity contribution in [3.05, 3.63) is 47.8 Å². The molecule has 1 atom stereocenters. The van der Waals surface area contributed by atoms with Gasteiger partial charge < -0.3 is 10.1 Å². The molecule has 0 bridgehead atoms. The Hall–Kier alpha value is -1.95. The molecule has 0 saturated heterocycles. The predicted molar refractivity (Wildman–Crippen MR) is 67.2 cm³/mol. The molecule has 102 valence electrons. The predicted octanol–water partition coefficient (Wildman–Crippen LogP) is 2.33. The van der Waals surface area contributed by atoms with E-state index in [9.17, 15) is 8.78 Å². The Kier molecular flexibility index (Phi) is 4.11. The van der Waals surface area contributed by atoms with Crippen LogP contribution in [0.3, 0.4) is 0 Å². The summed E-state index contributed by atoms with van der Waals surface area (Å²) in [5.41, 5.74) is 1.64. The van der Waals surface area contributed by atoms with Crippen LogP contribution in [0.4, 0.5) is 8.78 Å². The van der Waals surface area contributed by atoms with E-state index in [1.807, 2.05) is 25.4 Å². The van der Waals surface area contributed by atoms with Gasteiger partial charge in [-0.1, -0.05) is 12.1 Å². The summed E-state index contributed by atoms with van der Waals surface area (Å²) in [5.74, 6) is 0.142. The molecule has 0 aliphatic carbocycles. The number of hydrogen-bond acceptors (Lipinski definition) is 3. The van der Waals surface area contributed by atoms with Crippen LogP contribution in [0, 0.1) is 0 Å². The number of rotatable bonds is 5. The lowest BCUT2D eigenvalue weighted by molar-refractivity contribution is -0.0498. The van der Waals surface area contributed by atoms with Gasteiger partial charge in [-0.05, 0) is 30.8 Å². The van der Waals surface area contributed by atoms with E-state index < -0.39 is 6.61 Å². The third-order valence-corrected chi connectivity index (χ3v) is 2.74. The maximum atomic E-state index is 12.2. The van der Waals surface area contributed by atoms with Crippen LogP contribution in [0.1, 0.15) is 17.3 Å². The fourth-order valence-electron chi connectivity index (χ4n) is 1.94. The van der Waals surface area contributed by atoms with Crippen molar-refractivity contribution in [1.29, 1.82) is 0 Å². The van der Waals surface area contributed by atoms with E-state index in [0.717, 1.165) is 11.3 Å².